The molecule has 1 heterocycles. The lowest BCUT2D eigenvalue weighted by Crippen LogP contribution is -2.49. The van der Waals surface area contributed by atoms with Crippen LogP contribution in [0.1, 0.15) is 36.7 Å². The Morgan fingerprint density at radius 3 is 2.27 bits per heavy atom. The Bertz CT molecular complexity index is 677. The van der Waals surface area contributed by atoms with Gasteiger partial charge in [-0.1, -0.05) is 36.7 Å². The summed E-state index contributed by atoms with van der Waals surface area (Å²) in [6.45, 7) is 8.12. The minimum Gasteiger partial charge on any atom is -0.494 e. The van der Waals surface area contributed by atoms with Gasteiger partial charge in [-0.25, -0.2) is 0 Å². The standard InChI is InChI=1S/C19H27BrN2O4/c1-19(2,3)14-9-13(16(24)11-20)10-15(18(14)26-4)21-5-7-22(8-6-21)17(25)12-23/h9-10,23H,5-8,11-12H2,1-4H3. The Hall–Kier alpha value is -1.60. The minimum absolute atomic E-state index is 0.0218. The lowest BCUT2D eigenvalue weighted by molar-refractivity contribution is -0.134. The number of alkyl halides is 1. The molecule has 0 bridgehead atoms. The number of amides is 1. The van der Waals surface area contributed by atoms with E-state index in [4.69, 9.17) is 9.84 Å². The third-order valence-electron chi connectivity index (χ3n) is 4.63. The van der Waals surface area contributed by atoms with Crippen molar-refractivity contribution in [3.63, 3.8) is 0 Å². The summed E-state index contributed by atoms with van der Waals surface area (Å²) in [5.74, 6) is 0.536. The van der Waals surface area contributed by atoms with Crippen LogP contribution in [0.25, 0.3) is 0 Å². The molecule has 144 valence electrons. The van der Waals surface area contributed by atoms with E-state index in [0.29, 0.717) is 31.7 Å². The first kappa shape index (κ1) is 20.7. The van der Waals surface area contributed by atoms with E-state index in [-0.39, 0.29) is 22.4 Å². The highest BCUT2D eigenvalue weighted by Gasteiger charge is 2.28. The first-order valence-electron chi connectivity index (χ1n) is 8.68. The molecule has 2 rings (SSSR count). The zero-order valence-electron chi connectivity index (χ0n) is 15.8. The number of anilines is 1. The largest absolute Gasteiger partial charge is 0.494 e. The van der Waals surface area contributed by atoms with Crippen molar-refractivity contribution in [2.24, 2.45) is 0 Å². The second-order valence-electron chi connectivity index (χ2n) is 7.41. The summed E-state index contributed by atoms with van der Waals surface area (Å²) in [5, 5.41) is 9.30. The predicted molar refractivity (Wildman–Crippen MR) is 106 cm³/mol. The van der Waals surface area contributed by atoms with Gasteiger partial charge in [0.1, 0.15) is 12.4 Å². The quantitative estimate of drug-likeness (QED) is 0.577. The number of carbonyl (C=O) groups is 2. The van der Waals surface area contributed by atoms with Crippen LogP contribution in [0.3, 0.4) is 0 Å². The van der Waals surface area contributed by atoms with Crippen LogP contribution in [0, 0.1) is 0 Å². The van der Waals surface area contributed by atoms with Crippen LogP contribution < -0.4 is 9.64 Å². The first-order valence-corrected chi connectivity index (χ1v) is 9.80. The summed E-state index contributed by atoms with van der Waals surface area (Å²) < 4.78 is 5.73. The molecule has 6 nitrogen and oxygen atoms in total. The zero-order chi connectivity index (χ0) is 19.5. The van der Waals surface area contributed by atoms with Crippen LogP contribution in [-0.2, 0) is 10.2 Å². The van der Waals surface area contributed by atoms with Crippen molar-refractivity contribution in [3.8, 4) is 5.75 Å². The highest BCUT2D eigenvalue weighted by atomic mass is 79.9. The molecular formula is C19H27BrN2O4. The normalized spacial score (nSPS) is 15.2. The molecule has 1 aromatic carbocycles. The van der Waals surface area contributed by atoms with Crippen LogP contribution in [0.4, 0.5) is 5.69 Å². The van der Waals surface area contributed by atoms with Gasteiger partial charge in [-0.3, -0.25) is 9.59 Å². The number of piperazine rings is 1. The van der Waals surface area contributed by atoms with Gasteiger partial charge in [0, 0.05) is 37.3 Å². The van der Waals surface area contributed by atoms with Gasteiger partial charge in [-0.05, 0) is 17.5 Å². The van der Waals surface area contributed by atoms with E-state index in [1.165, 1.54) is 0 Å². The molecule has 26 heavy (non-hydrogen) atoms. The molecular weight excluding hydrogens is 400 g/mol. The molecule has 1 N–H and O–H groups in total. The molecule has 1 amide bonds. The summed E-state index contributed by atoms with van der Waals surface area (Å²) in [4.78, 5) is 27.8. The molecule has 0 atom stereocenters. The van der Waals surface area contributed by atoms with Gasteiger partial charge in [0.2, 0.25) is 5.91 Å². The fourth-order valence-electron chi connectivity index (χ4n) is 3.15. The predicted octanol–water partition coefficient (Wildman–Crippen LogP) is 2.21. The van der Waals surface area contributed by atoms with Crippen LogP contribution in [-0.4, -0.2) is 66.9 Å². The minimum atomic E-state index is -0.466. The number of aliphatic hydroxyl groups excluding tert-OH is 1. The number of aliphatic hydroxyl groups is 1. The number of hydrogen-bond acceptors (Lipinski definition) is 5. The summed E-state index contributed by atoms with van der Waals surface area (Å²) in [6, 6.07) is 3.79. The lowest BCUT2D eigenvalue weighted by atomic mass is 9.84. The van der Waals surface area contributed by atoms with Gasteiger partial charge in [-0.2, -0.15) is 0 Å². The fraction of sp³-hybridized carbons (Fsp3) is 0.579. The molecule has 0 aromatic heterocycles. The van der Waals surface area contributed by atoms with Gasteiger partial charge in [-0.15, -0.1) is 0 Å². The molecule has 7 heteroatoms. The second kappa shape index (κ2) is 8.39. The van der Waals surface area contributed by atoms with Crippen molar-refractivity contribution in [1.29, 1.82) is 0 Å². The highest BCUT2D eigenvalue weighted by molar-refractivity contribution is 9.09. The molecule has 0 unspecified atom stereocenters. The topological polar surface area (TPSA) is 70.1 Å². The average Bonchev–Trinajstić information content (AvgIpc) is 2.64. The van der Waals surface area contributed by atoms with E-state index in [1.54, 1.807) is 12.0 Å². The molecule has 0 saturated carbocycles. The van der Waals surface area contributed by atoms with Crippen LogP contribution >= 0.6 is 15.9 Å². The average molecular weight is 427 g/mol. The zero-order valence-corrected chi connectivity index (χ0v) is 17.4. The van der Waals surface area contributed by atoms with E-state index >= 15 is 0 Å². The number of nitrogens with zero attached hydrogens (tertiary/aromatic N) is 2. The Morgan fingerprint density at radius 1 is 1.19 bits per heavy atom. The van der Waals surface area contributed by atoms with Crippen LogP contribution in [0.15, 0.2) is 12.1 Å². The molecule has 0 spiro atoms. The number of benzene rings is 1. The smallest absolute Gasteiger partial charge is 0.248 e. The van der Waals surface area contributed by atoms with Crippen molar-refractivity contribution < 1.29 is 19.4 Å². The SMILES string of the molecule is COc1c(N2CCN(C(=O)CO)CC2)cc(C(=O)CBr)cc1C(C)(C)C. The van der Waals surface area contributed by atoms with E-state index < -0.39 is 6.61 Å². The molecule has 0 radical (unpaired) electrons. The first-order chi connectivity index (χ1) is 12.2. The molecule has 1 aliphatic rings. The Labute approximate surface area is 163 Å². The Balaban J connectivity index is 2.43. The maximum absolute atomic E-state index is 12.3. The van der Waals surface area contributed by atoms with Gasteiger partial charge in [0.15, 0.2) is 5.78 Å². The third-order valence-corrected chi connectivity index (χ3v) is 5.14. The molecule has 1 aliphatic heterocycles. The van der Waals surface area contributed by atoms with Crippen molar-refractivity contribution in [2.75, 3.05) is 50.1 Å². The third kappa shape index (κ3) is 4.38. The summed E-state index contributed by atoms with van der Waals surface area (Å²) >= 11 is 3.25. The van der Waals surface area contributed by atoms with E-state index in [9.17, 15) is 9.59 Å². The molecule has 1 aromatic rings. The number of Topliss-reactive ketones (excluding diaryl/α,β-unsaturated/α-hetero) is 1. The molecule has 1 fully saturated rings. The molecule has 0 aliphatic carbocycles. The van der Waals surface area contributed by atoms with E-state index in [1.807, 2.05) is 12.1 Å². The van der Waals surface area contributed by atoms with Crippen LogP contribution in [0.5, 0.6) is 5.75 Å². The Morgan fingerprint density at radius 2 is 1.81 bits per heavy atom. The van der Waals surface area contributed by atoms with E-state index in [0.717, 1.165) is 17.0 Å². The number of rotatable bonds is 5. The second-order valence-corrected chi connectivity index (χ2v) is 7.97. The van der Waals surface area contributed by atoms with Gasteiger partial charge >= 0.3 is 0 Å². The maximum Gasteiger partial charge on any atom is 0.248 e. The van der Waals surface area contributed by atoms with E-state index in [2.05, 4.69) is 41.6 Å². The lowest BCUT2D eigenvalue weighted by Gasteiger charge is -2.37. The van der Waals surface area contributed by atoms with Crippen LogP contribution in [0.2, 0.25) is 0 Å². The summed E-state index contributed by atoms with van der Waals surface area (Å²) in [6.07, 6.45) is 0. The van der Waals surface area contributed by atoms with Crippen molar-refractivity contribution in [3.05, 3.63) is 23.3 Å². The Kier molecular flexibility index (Phi) is 6.69. The fourth-order valence-corrected chi connectivity index (χ4v) is 3.48. The summed E-state index contributed by atoms with van der Waals surface area (Å²) in [5.41, 5.74) is 2.32. The maximum atomic E-state index is 12.3. The number of carbonyl (C=O) groups excluding carboxylic acids is 2. The number of ketones is 1. The number of hydrogen-bond donors (Lipinski definition) is 1. The summed E-state index contributed by atoms with van der Waals surface area (Å²) in [7, 11) is 1.64. The van der Waals surface area contributed by atoms with Crippen molar-refractivity contribution >= 4 is 33.3 Å². The van der Waals surface area contributed by atoms with Crippen molar-refractivity contribution in [1.82, 2.24) is 4.90 Å². The van der Waals surface area contributed by atoms with Crippen molar-refractivity contribution in [2.45, 2.75) is 26.2 Å². The number of ether oxygens (including phenoxy) is 1. The van der Waals surface area contributed by atoms with Gasteiger partial charge < -0.3 is 19.6 Å². The van der Waals surface area contributed by atoms with Gasteiger partial charge in [0.25, 0.3) is 0 Å². The molecule has 1 saturated heterocycles. The number of methoxy groups -OCH3 is 1. The van der Waals surface area contributed by atoms with Gasteiger partial charge in [0.05, 0.1) is 18.1 Å². The highest BCUT2D eigenvalue weighted by Crippen LogP contribution is 2.40. The monoisotopic (exact) mass is 426 g/mol. The number of halogens is 1.